The minimum absolute atomic E-state index is 0.0339. The van der Waals surface area contributed by atoms with Crippen LogP contribution in [-0.4, -0.2) is 60.8 Å². The highest BCUT2D eigenvalue weighted by atomic mass is 16.5. The lowest BCUT2D eigenvalue weighted by Gasteiger charge is -2.24. The van der Waals surface area contributed by atoms with Crippen LogP contribution in [0.1, 0.15) is 49.3 Å². The van der Waals surface area contributed by atoms with Crippen LogP contribution < -0.4 is 10.6 Å². The Labute approximate surface area is 248 Å². The van der Waals surface area contributed by atoms with Crippen molar-refractivity contribution in [1.82, 2.24) is 15.5 Å². The Bertz CT molecular complexity index is 1310. The monoisotopic (exact) mass is 571 g/mol. The lowest BCUT2D eigenvalue weighted by atomic mass is 9.93. The largest absolute Gasteiger partial charge is 0.480 e. The van der Waals surface area contributed by atoms with E-state index in [1.54, 1.807) is 0 Å². The molecule has 1 aliphatic carbocycles. The van der Waals surface area contributed by atoms with Crippen molar-refractivity contribution in [2.45, 2.75) is 45.2 Å². The zero-order valence-electron chi connectivity index (χ0n) is 24.6. The number of hydrogen-bond acceptors (Lipinski definition) is 5. The molecule has 1 aliphatic rings. The van der Waals surface area contributed by atoms with Crippen LogP contribution in [0.15, 0.2) is 78.9 Å². The van der Waals surface area contributed by atoms with E-state index >= 15 is 0 Å². The molecule has 3 aromatic carbocycles. The molecule has 2 atom stereocenters. The first kappa shape index (κ1) is 30.8. The van der Waals surface area contributed by atoms with E-state index in [0.717, 1.165) is 27.8 Å². The number of carboxylic acid groups (broad SMARTS) is 1. The number of benzene rings is 3. The Morgan fingerprint density at radius 3 is 2.10 bits per heavy atom. The van der Waals surface area contributed by atoms with E-state index in [2.05, 4.69) is 48.7 Å². The molecule has 3 aromatic rings. The predicted molar refractivity (Wildman–Crippen MR) is 163 cm³/mol. The molecule has 0 heterocycles. The highest BCUT2D eigenvalue weighted by Crippen LogP contribution is 2.44. The maximum atomic E-state index is 12.9. The third-order valence-corrected chi connectivity index (χ3v) is 7.58. The van der Waals surface area contributed by atoms with Gasteiger partial charge in [-0.15, -0.1) is 0 Å². The SMILES string of the molecule is CC(C)CC(CNC(=O)OCC1c2ccccc2-c2ccccc21)CC(=O)NC(CN(C)Cc1ccccc1)C(=O)O. The number of ether oxygens (including phenoxy) is 1. The number of nitrogens with one attached hydrogen (secondary N) is 2. The zero-order valence-corrected chi connectivity index (χ0v) is 24.6. The van der Waals surface area contributed by atoms with Crippen LogP contribution in [0.3, 0.4) is 0 Å². The van der Waals surface area contributed by atoms with Gasteiger partial charge in [0.1, 0.15) is 12.6 Å². The van der Waals surface area contributed by atoms with Crippen molar-refractivity contribution in [2.24, 2.45) is 11.8 Å². The average molecular weight is 572 g/mol. The Morgan fingerprint density at radius 2 is 1.50 bits per heavy atom. The molecule has 8 nitrogen and oxygen atoms in total. The summed E-state index contributed by atoms with van der Waals surface area (Å²) in [4.78, 5) is 39.4. The van der Waals surface area contributed by atoms with Crippen molar-refractivity contribution < 1.29 is 24.2 Å². The highest BCUT2D eigenvalue weighted by molar-refractivity contribution is 5.84. The van der Waals surface area contributed by atoms with Crippen LogP contribution in [0, 0.1) is 11.8 Å². The second-order valence-electron chi connectivity index (χ2n) is 11.5. The Hall–Kier alpha value is -4.17. The molecule has 2 unspecified atom stereocenters. The molecule has 0 aliphatic heterocycles. The molecule has 42 heavy (non-hydrogen) atoms. The van der Waals surface area contributed by atoms with Crippen molar-refractivity contribution in [3.05, 3.63) is 95.6 Å². The first-order valence-corrected chi connectivity index (χ1v) is 14.5. The van der Waals surface area contributed by atoms with Gasteiger partial charge in [0.15, 0.2) is 0 Å². The number of aliphatic carboxylic acids is 1. The fraction of sp³-hybridized carbons (Fsp3) is 0.382. The highest BCUT2D eigenvalue weighted by Gasteiger charge is 2.29. The Balaban J connectivity index is 1.28. The Kier molecular flexibility index (Phi) is 10.7. The summed E-state index contributed by atoms with van der Waals surface area (Å²) in [5.74, 6) is -1.34. The summed E-state index contributed by atoms with van der Waals surface area (Å²) in [5.41, 5.74) is 5.67. The van der Waals surface area contributed by atoms with Crippen LogP contribution in [0.25, 0.3) is 11.1 Å². The molecule has 0 bridgehead atoms. The average Bonchev–Trinajstić information content (AvgIpc) is 3.28. The number of amides is 2. The van der Waals surface area contributed by atoms with Gasteiger partial charge in [0.25, 0.3) is 0 Å². The van der Waals surface area contributed by atoms with Crippen molar-refractivity contribution >= 4 is 18.0 Å². The van der Waals surface area contributed by atoms with Gasteiger partial charge in [-0.3, -0.25) is 9.69 Å². The van der Waals surface area contributed by atoms with Crippen LogP contribution in [0.4, 0.5) is 4.79 Å². The number of fused-ring (bicyclic) bond motifs is 3. The molecule has 0 saturated carbocycles. The molecule has 8 heteroatoms. The molecule has 0 saturated heterocycles. The lowest BCUT2D eigenvalue weighted by molar-refractivity contribution is -0.142. The van der Waals surface area contributed by atoms with Crippen molar-refractivity contribution in [3.8, 4) is 11.1 Å². The van der Waals surface area contributed by atoms with Gasteiger partial charge >= 0.3 is 12.1 Å². The molecular weight excluding hydrogens is 530 g/mol. The minimum Gasteiger partial charge on any atom is -0.480 e. The van der Waals surface area contributed by atoms with E-state index in [-0.39, 0.29) is 43.9 Å². The van der Waals surface area contributed by atoms with Gasteiger partial charge in [-0.25, -0.2) is 9.59 Å². The number of rotatable bonds is 14. The van der Waals surface area contributed by atoms with Crippen molar-refractivity contribution in [3.63, 3.8) is 0 Å². The number of carboxylic acids is 1. The summed E-state index contributed by atoms with van der Waals surface area (Å²) < 4.78 is 5.65. The number of carbonyl (C=O) groups is 3. The Morgan fingerprint density at radius 1 is 0.905 bits per heavy atom. The lowest BCUT2D eigenvalue weighted by Crippen LogP contribution is -2.48. The topological polar surface area (TPSA) is 108 Å². The second kappa shape index (κ2) is 14.6. The maximum Gasteiger partial charge on any atom is 0.407 e. The molecule has 3 N–H and O–H groups in total. The number of alkyl carbamates (subject to hydrolysis) is 1. The van der Waals surface area contributed by atoms with E-state index < -0.39 is 18.1 Å². The van der Waals surface area contributed by atoms with Crippen LogP contribution in [0.2, 0.25) is 0 Å². The van der Waals surface area contributed by atoms with Gasteiger partial charge < -0.3 is 20.5 Å². The smallest absolute Gasteiger partial charge is 0.407 e. The third kappa shape index (κ3) is 8.42. The van der Waals surface area contributed by atoms with Crippen molar-refractivity contribution in [1.29, 1.82) is 0 Å². The standard InChI is InChI=1S/C34H41N3O5/c1-23(2)17-25(18-32(38)36-31(33(39)40)21-37(3)20-24-11-5-4-6-12-24)19-35-34(41)42-22-30-28-15-9-7-13-26(28)27-14-8-10-16-29(27)30/h4-16,23,25,30-31H,17-22H2,1-3H3,(H,35,41)(H,36,38)(H,39,40). The van der Waals surface area contributed by atoms with E-state index in [9.17, 15) is 19.5 Å². The summed E-state index contributed by atoms with van der Waals surface area (Å²) in [6, 6.07) is 25.1. The summed E-state index contributed by atoms with van der Waals surface area (Å²) in [7, 11) is 1.83. The van der Waals surface area contributed by atoms with Gasteiger partial charge in [0.05, 0.1) is 0 Å². The minimum atomic E-state index is -1.08. The van der Waals surface area contributed by atoms with Gasteiger partial charge in [-0.2, -0.15) is 0 Å². The molecule has 2 amide bonds. The fourth-order valence-corrected chi connectivity index (χ4v) is 5.75. The normalized spacial score (nSPS) is 13.7. The predicted octanol–water partition coefficient (Wildman–Crippen LogP) is 5.28. The van der Waals surface area contributed by atoms with E-state index in [1.165, 1.54) is 0 Å². The fourth-order valence-electron chi connectivity index (χ4n) is 5.75. The first-order chi connectivity index (χ1) is 20.2. The summed E-state index contributed by atoms with van der Waals surface area (Å²) in [5, 5.41) is 15.3. The maximum absolute atomic E-state index is 12.9. The van der Waals surface area contributed by atoms with Crippen LogP contribution in [-0.2, 0) is 20.9 Å². The van der Waals surface area contributed by atoms with Gasteiger partial charge in [0, 0.05) is 32.0 Å². The molecule has 0 aromatic heterocycles. The number of hydrogen-bond donors (Lipinski definition) is 3. The van der Waals surface area contributed by atoms with E-state index in [1.807, 2.05) is 66.5 Å². The second-order valence-corrected chi connectivity index (χ2v) is 11.5. The molecule has 0 fully saturated rings. The van der Waals surface area contributed by atoms with E-state index in [4.69, 9.17) is 4.74 Å². The van der Waals surface area contributed by atoms with Crippen LogP contribution >= 0.6 is 0 Å². The molecule has 0 radical (unpaired) electrons. The first-order valence-electron chi connectivity index (χ1n) is 14.5. The van der Waals surface area contributed by atoms with Gasteiger partial charge in [0.2, 0.25) is 5.91 Å². The zero-order chi connectivity index (χ0) is 30.1. The van der Waals surface area contributed by atoms with Gasteiger partial charge in [-0.1, -0.05) is 92.7 Å². The number of nitrogens with zero attached hydrogens (tertiary/aromatic N) is 1. The summed E-state index contributed by atoms with van der Waals surface area (Å²) in [6.45, 7) is 5.32. The van der Waals surface area contributed by atoms with Crippen LogP contribution in [0.5, 0.6) is 0 Å². The van der Waals surface area contributed by atoms with Crippen molar-refractivity contribution in [2.75, 3.05) is 26.7 Å². The molecular formula is C34H41N3O5. The number of likely N-dealkylation sites (N-methyl/N-ethyl adjacent to an activating group) is 1. The summed E-state index contributed by atoms with van der Waals surface area (Å²) in [6.07, 6.45) is 0.272. The molecule has 4 rings (SSSR count). The number of carbonyl (C=O) groups excluding carboxylic acids is 2. The van der Waals surface area contributed by atoms with Gasteiger partial charge in [-0.05, 0) is 53.1 Å². The molecule has 222 valence electrons. The summed E-state index contributed by atoms with van der Waals surface area (Å²) >= 11 is 0. The quantitative estimate of drug-likeness (QED) is 0.243. The molecule has 0 spiro atoms. The van der Waals surface area contributed by atoms with E-state index in [0.29, 0.717) is 18.9 Å². The third-order valence-electron chi connectivity index (χ3n) is 7.58.